The molecule has 0 aliphatic heterocycles. The Bertz CT molecular complexity index is 453. The van der Waals surface area contributed by atoms with Crippen LogP contribution in [0.25, 0.3) is 0 Å². The molecule has 0 aliphatic rings. The summed E-state index contributed by atoms with van der Waals surface area (Å²) in [5, 5.41) is 17.0. The predicted molar refractivity (Wildman–Crippen MR) is 94.7 cm³/mol. The summed E-state index contributed by atoms with van der Waals surface area (Å²) in [7, 11) is 3.88. The monoisotopic (exact) mass is 324 g/mol. The van der Waals surface area contributed by atoms with Crippen LogP contribution >= 0.6 is 0 Å². The Hall–Kier alpha value is -1.53. The Kier molecular flexibility index (Phi) is 8.12. The Morgan fingerprint density at radius 1 is 1.39 bits per heavy atom. The highest BCUT2D eigenvalue weighted by atomic mass is 16.3. The van der Waals surface area contributed by atoms with Gasteiger partial charge in [0.2, 0.25) is 0 Å². The van der Waals surface area contributed by atoms with Crippen LogP contribution in [0.5, 0.6) is 0 Å². The van der Waals surface area contributed by atoms with Crippen LogP contribution in [0.2, 0.25) is 0 Å². The molecular formula is C17H32N4O2. The van der Waals surface area contributed by atoms with Gasteiger partial charge in [0.05, 0.1) is 18.4 Å². The standard InChI is InChI=1S/C17H32N4O2/c1-14(2)11-19-16(18-9-8-15-7-6-10-23-15)20-12-17(3,22)13-21(4)5/h6-7,10,14,22H,8-9,11-13H2,1-5H3,(H2,18,19,20). The second-order valence-corrected chi connectivity index (χ2v) is 6.93. The van der Waals surface area contributed by atoms with Crippen LogP contribution in [-0.4, -0.2) is 61.8 Å². The third-order valence-corrected chi connectivity index (χ3v) is 3.16. The molecule has 1 aromatic heterocycles. The van der Waals surface area contributed by atoms with Crippen molar-refractivity contribution in [2.24, 2.45) is 10.9 Å². The van der Waals surface area contributed by atoms with Gasteiger partial charge < -0.3 is 25.1 Å². The fraction of sp³-hybridized carbons (Fsp3) is 0.706. The van der Waals surface area contributed by atoms with Crippen LogP contribution in [0.1, 0.15) is 26.5 Å². The minimum Gasteiger partial charge on any atom is -0.469 e. The maximum Gasteiger partial charge on any atom is 0.191 e. The highest BCUT2D eigenvalue weighted by Crippen LogP contribution is 2.05. The molecule has 0 saturated carbocycles. The molecule has 6 nitrogen and oxygen atoms in total. The van der Waals surface area contributed by atoms with E-state index in [4.69, 9.17) is 4.42 Å². The molecule has 1 unspecified atom stereocenters. The zero-order valence-electron chi connectivity index (χ0n) is 15.1. The molecule has 132 valence electrons. The number of nitrogens with one attached hydrogen (secondary N) is 2. The third-order valence-electron chi connectivity index (χ3n) is 3.16. The summed E-state index contributed by atoms with van der Waals surface area (Å²) >= 11 is 0. The van der Waals surface area contributed by atoms with Crippen LogP contribution in [0.4, 0.5) is 0 Å². The molecule has 0 spiro atoms. The normalized spacial score (nSPS) is 15.0. The lowest BCUT2D eigenvalue weighted by atomic mass is 10.1. The van der Waals surface area contributed by atoms with Gasteiger partial charge in [0.15, 0.2) is 5.96 Å². The van der Waals surface area contributed by atoms with Crippen molar-refractivity contribution >= 4 is 5.96 Å². The maximum atomic E-state index is 10.4. The van der Waals surface area contributed by atoms with E-state index in [0.29, 0.717) is 19.0 Å². The molecule has 0 saturated heterocycles. The van der Waals surface area contributed by atoms with Gasteiger partial charge in [0, 0.05) is 26.1 Å². The molecule has 0 radical (unpaired) electrons. The number of likely N-dealkylation sites (N-methyl/N-ethyl adjacent to an activating group) is 1. The summed E-state index contributed by atoms with van der Waals surface area (Å²) in [6, 6.07) is 3.85. The van der Waals surface area contributed by atoms with Gasteiger partial charge in [-0.3, -0.25) is 4.99 Å². The van der Waals surface area contributed by atoms with Crippen LogP contribution in [0, 0.1) is 5.92 Å². The third kappa shape index (κ3) is 9.25. The fourth-order valence-electron chi connectivity index (χ4n) is 2.21. The maximum absolute atomic E-state index is 10.4. The Morgan fingerprint density at radius 2 is 2.13 bits per heavy atom. The van der Waals surface area contributed by atoms with E-state index < -0.39 is 5.60 Å². The first-order chi connectivity index (χ1) is 10.8. The van der Waals surface area contributed by atoms with Crippen LogP contribution in [0.3, 0.4) is 0 Å². The summed E-state index contributed by atoms with van der Waals surface area (Å²) in [6.07, 6.45) is 2.48. The van der Waals surface area contributed by atoms with E-state index in [-0.39, 0.29) is 0 Å². The molecule has 3 N–H and O–H groups in total. The summed E-state index contributed by atoms with van der Waals surface area (Å²) in [4.78, 5) is 6.49. The lowest BCUT2D eigenvalue weighted by Crippen LogP contribution is -2.44. The van der Waals surface area contributed by atoms with E-state index in [2.05, 4.69) is 29.5 Å². The van der Waals surface area contributed by atoms with Crippen molar-refractivity contribution in [3.63, 3.8) is 0 Å². The zero-order valence-corrected chi connectivity index (χ0v) is 15.1. The molecule has 0 fully saturated rings. The molecule has 23 heavy (non-hydrogen) atoms. The number of aliphatic imine (C=N–C) groups is 1. The van der Waals surface area contributed by atoms with Crippen molar-refractivity contribution in [2.75, 3.05) is 40.3 Å². The second kappa shape index (κ2) is 9.57. The topological polar surface area (TPSA) is 73.0 Å². The van der Waals surface area contributed by atoms with E-state index in [1.165, 1.54) is 0 Å². The molecule has 0 amide bonds. The van der Waals surface area contributed by atoms with Gasteiger partial charge >= 0.3 is 0 Å². The Labute approximate surface area is 140 Å². The van der Waals surface area contributed by atoms with E-state index >= 15 is 0 Å². The lowest BCUT2D eigenvalue weighted by Gasteiger charge is -2.25. The molecular weight excluding hydrogens is 292 g/mol. The van der Waals surface area contributed by atoms with Gasteiger partial charge in [-0.2, -0.15) is 0 Å². The van der Waals surface area contributed by atoms with Gasteiger partial charge in [-0.15, -0.1) is 0 Å². The Balaban J connectivity index is 2.53. The number of hydrogen-bond acceptors (Lipinski definition) is 4. The van der Waals surface area contributed by atoms with Crippen molar-refractivity contribution in [1.82, 2.24) is 15.5 Å². The van der Waals surface area contributed by atoms with Crippen molar-refractivity contribution in [3.8, 4) is 0 Å². The SMILES string of the molecule is CC(C)CNC(=NCC(C)(O)CN(C)C)NCCc1ccco1. The fourth-order valence-corrected chi connectivity index (χ4v) is 2.21. The van der Waals surface area contributed by atoms with Gasteiger partial charge in [-0.1, -0.05) is 13.8 Å². The van der Waals surface area contributed by atoms with Crippen molar-refractivity contribution < 1.29 is 9.52 Å². The Morgan fingerprint density at radius 3 is 2.70 bits per heavy atom. The van der Waals surface area contributed by atoms with Gasteiger partial charge in [-0.25, -0.2) is 0 Å². The summed E-state index contributed by atoms with van der Waals surface area (Å²) < 4.78 is 5.33. The largest absolute Gasteiger partial charge is 0.469 e. The highest BCUT2D eigenvalue weighted by Gasteiger charge is 2.21. The van der Waals surface area contributed by atoms with E-state index in [1.807, 2.05) is 31.1 Å². The van der Waals surface area contributed by atoms with Crippen LogP contribution in [-0.2, 0) is 6.42 Å². The molecule has 0 aromatic carbocycles. The van der Waals surface area contributed by atoms with Gasteiger partial charge in [0.1, 0.15) is 5.76 Å². The average molecular weight is 324 g/mol. The minimum absolute atomic E-state index is 0.347. The summed E-state index contributed by atoms with van der Waals surface area (Å²) in [5.41, 5.74) is -0.850. The van der Waals surface area contributed by atoms with E-state index in [0.717, 1.165) is 31.2 Å². The summed E-state index contributed by atoms with van der Waals surface area (Å²) in [6.45, 7) is 8.58. The van der Waals surface area contributed by atoms with Crippen molar-refractivity contribution in [2.45, 2.75) is 32.8 Å². The first kappa shape index (κ1) is 19.5. The zero-order chi connectivity index (χ0) is 17.3. The number of guanidine groups is 1. The highest BCUT2D eigenvalue weighted by molar-refractivity contribution is 5.79. The predicted octanol–water partition coefficient (Wildman–Crippen LogP) is 1.33. The lowest BCUT2D eigenvalue weighted by molar-refractivity contribution is 0.0423. The molecule has 0 aliphatic carbocycles. The van der Waals surface area contributed by atoms with Crippen LogP contribution < -0.4 is 10.6 Å². The molecule has 0 bridgehead atoms. The molecule has 1 atom stereocenters. The van der Waals surface area contributed by atoms with Gasteiger partial charge in [0.25, 0.3) is 0 Å². The number of rotatable bonds is 9. The molecule has 1 rings (SSSR count). The van der Waals surface area contributed by atoms with Crippen LogP contribution in [0.15, 0.2) is 27.8 Å². The average Bonchev–Trinajstić information content (AvgIpc) is 2.92. The molecule has 1 aromatic rings. The summed E-state index contributed by atoms with van der Waals surface area (Å²) in [5.74, 6) is 2.19. The number of aliphatic hydroxyl groups is 1. The van der Waals surface area contributed by atoms with Crippen molar-refractivity contribution in [1.29, 1.82) is 0 Å². The minimum atomic E-state index is -0.850. The van der Waals surface area contributed by atoms with E-state index in [9.17, 15) is 5.11 Å². The quantitative estimate of drug-likeness (QED) is 0.472. The number of hydrogen-bond donors (Lipinski definition) is 3. The molecule has 6 heteroatoms. The number of nitrogens with zero attached hydrogens (tertiary/aromatic N) is 2. The van der Waals surface area contributed by atoms with Gasteiger partial charge in [-0.05, 0) is 39.1 Å². The molecule has 1 heterocycles. The first-order valence-electron chi connectivity index (χ1n) is 8.20. The van der Waals surface area contributed by atoms with Crippen molar-refractivity contribution in [3.05, 3.63) is 24.2 Å². The smallest absolute Gasteiger partial charge is 0.191 e. The number of furan rings is 1. The first-order valence-corrected chi connectivity index (χ1v) is 8.20. The van der Waals surface area contributed by atoms with E-state index in [1.54, 1.807) is 13.2 Å². The second-order valence-electron chi connectivity index (χ2n) is 6.93.